The summed E-state index contributed by atoms with van der Waals surface area (Å²) in [5.74, 6) is 1.83. The molecule has 3 rings (SSSR count). The van der Waals surface area contributed by atoms with Crippen LogP contribution in [0, 0.1) is 0 Å². The molecule has 1 atom stereocenters. The zero-order valence-electron chi connectivity index (χ0n) is 13.4. The quantitative estimate of drug-likeness (QED) is 0.889. The Labute approximate surface area is 130 Å². The van der Waals surface area contributed by atoms with Gasteiger partial charge in [0.25, 0.3) is 5.91 Å². The Kier molecular flexibility index (Phi) is 3.90. The first kappa shape index (κ1) is 15.0. The number of nitrogens with zero attached hydrogens (tertiary/aromatic N) is 4. The van der Waals surface area contributed by atoms with Crippen molar-refractivity contribution >= 4 is 17.5 Å². The Hall–Kier alpha value is -1.89. The summed E-state index contributed by atoms with van der Waals surface area (Å²) < 4.78 is 5.97. The molecule has 0 aliphatic carbocycles. The number of carbonyl (C=O) groups is 1. The first-order chi connectivity index (χ1) is 10.5. The average Bonchev–Trinajstić information content (AvgIpc) is 2.83. The van der Waals surface area contributed by atoms with E-state index in [0.29, 0.717) is 0 Å². The number of anilines is 2. The van der Waals surface area contributed by atoms with Gasteiger partial charge < -0.3 is 19.9 Å². The number of hydrogen-bond acceptors (Lipinski definition) is 6. The molecule has 7 nitrogen and oxygen atoms in total. The zero-order valence-corrected chi connectivity index (χ0v) is 13.4. The van der Waals surface area contributed by atoms with Crippen LogP contribution >= 0.6 is 0 Å². The maximum Gasteiger partial charge on any atom is 0.251 e. The lowest BCUT2D eigenvalue weighted by Gasteiger charge is -2.39. The van der Waals surface area contributed by atoms with Gasteiger partial charge in [-0.2, -0.15) is 0 Å². The van der Waals surface area contributed by atoms with Gasteiger partial charge in [-0.15, -0.1) is 0 Å². The van der Waals surface area contributed by atoms with Gasteiger partial charge >= 0.3 is 0 Å². The molecule has 2 fully saturated rings. The van der Waals surface area contributed by atoms with E-state index >= 15 is 0 Å². The highest BCUT2D eigenvalue weighted by Crippen LogP contribution is 2.32. The van der Waals surface area contributed by atoms with Crippen LogP contribution in [0.4, 0.5) is 11.6 Å². The second-order valence-corrected chi connectivity index (χ2v) is 6.11. The van der Waals surface area contributed by atoms with Crippen LogP contribution in [0.15, 0.2) is 12.4 Å². The Morgan fingerprint density at radius 2 is 2.14 bits per heavy atom. The summed E-state index contributed by atoms with van der Waals surface area (Å²) in [6.45, 7) is 3.59. The Morgan fingerprint density at radius 3 is 2.73 bits per heavy atom. The molecule has 0 aromatic carbocycles. The maximum absolute atomic E-state index is 11.9. The molecule has 2 aliphatic heterocycles. The molecule has 1 N–H and O–H groups in total. The minimum Gasteiger partial charge on any atom is -0.363 e. The largest absolute Gasteiger partial charge is 0.363 e. The molecular weight excluding hydrogens is 282 g/mol. The van der Waals surface area contributed by atoms with Gasteiger partial charge in [0.05, 0.1) is 0 Å². The third-order valence-corrected chi connectivity index (χ3v) is 4.37. The van der Waals surface area contributed by atoms with Crippen molar-refractivity contribution in [3.05, 3.63) is 12.4 Å². The van der Waals surface area contributed by atoms with Gasteiger partial charge in [0.1, 0.15) is 29.8 Å². The second-order valence-electron chi connectivity index (χ2n) is 6.11. The summed E-state index contributed by atoms with van der Waals surface area (Å²) in [5, 5.41) is 3.04. The number of ether oxygens (including phenoxy) is 1. The highest BCUT2D eigenvalue weighted by atomic mass is 16.5. The summed E-state index contributed by atoms with van der Waals surface area (Å²) in [6, 6.07) is 1.99. The fourth-order valence-corrected chi connectivity index (χ4v) is 3.02. The van der Waals surface area contributed by atoms with Crippen LogP contribution in [0.3, 0.4) is 0 Å². The van der Waals surface area contributed by atoms with Gasteiger partial charge in [-0.05, 0) is 6.42 Å². The minimum absolute atomic E-state index is 0.0212. The van der Waals surface area contributed by atoms with Crippen LogP contribution in [-0.4, -0.2) is 54.9 Å². The van der Waals surface area contributed by atoms with Crippen LogP contribution in [0.5, 0.6) is 0 Å². The predicted molar refractivity (Wildman–Crippen MR) is 83.8 cm³/mol. The summed E-state index contributed by atoms with van der Waals surface area (Å²) in [5.41, 5.74) is -0.480. The highest BCUT2D eigenvalue weighted by Gasteiger charge is 2.46. The molecule has 120 valence electrons. The van der Waals surface area contributed by atoms with Crippen LogP contribution in [-0.2, 0) is 9.53 Å². The molecule has 1 spiro atoms. The number of rotatable bonds is 3. The van der Waals surface area contributed by atoms with E-state index in [1.807, 2.05) is 32.0 Å². The summed E-state index contributed by atoms with van der Waals surface area (Å²) in [7, 11) is 3.92. The van der Waals surface area contributed by atoms with E-state index in [0.717, 1.165) is 44.0 Å². The van der Waals surface area contributed by atoms with Crippen LogP contribution in [0.1, 0.15) is 26.2 Å². The molecule has 2 aliphatic rings. The Bertz CT molecular complexity index is 555. The van der Waals surface area contributed by atoms with Crippen molar-refractivity contribution in [2.45, 2.75) is 38.0 Å². The molecule has 1 aromatic rings. The van der Waals surface area contributed by atoms with Gasteiger partial charge in [0.2, 0.25) is 0 Å². The average molecular weight is 305 g/mol. The van der Waals surface area contributed by atoms with E-state index in [1.165, 1.54) is 0 Å². The van der Waals surface area contributed by atoms with Gasteiger partial charge in [0.15, 0.2) is 0 Å². The lowest BCUT2D eigenvalue weighted by Crippen LogP contribution is -2.52. The molecule has 2 saturated heterocycles. The third-order valence-electron chi connectivity index (χ3n) is 4.37. The van der Waals surface area contributed by atoms with Crippen molar-refractivity contribution in [2.24, 2.45) is 0 Å². The van der Waals surface area contributed by atoms with Crippen molar-refractivity contribution in [3.8, 4) is 0 Å². The van der Waals surface area contributed by atoms with Crippen molar-refractivity contribution in [1.82, 2.24) is 15.3 Å². The highest BCUT2D eigenvalue weighted by molar-refractivity contribution is 5.83. The fraction of sp³-hybridized carbons (Fsp3) is 0.667. The predicted octanol–water partition coefficient (Wildman–Crippen LogP) is 0.764. The summed E-state index contributed by atoms with van der Waals surface area (Å²) >= 11 is 0. The smallest absolute Gasteiger partial charge is 0.251 e. The number of carbonyl (C=O) groups excluding carboxylic acids is 1. The zero-order chi connectivity index (χ0) is 15.7. The number of nitrogens with one attached hydrogen (secondary N) is 1. The third kappa shape index (κ3) is 2.72. The lowest BCUT2D eigenvalue weighted by molar-refractivity contribution is -0.124. The normalized spacial score (nSPS) is 23.7. The van der Waals surface area contributed by atoms with E-state index in [-0.39, 0.29) is 12.0 Å². The second kappa shape index (κ2) is 5.72. The number of amides is 1. The van der Waals surface area contributed by atoms with Crippen LogP contribution in [0.2, 0.25) is 0 Å². The Balaban J connectivity index is 1.67. The molecule has 3 heterocycles. The van der Waals surface area contributed by atoms with Gasteiger partial charge in [0, 0.05) is 46.1 Å². The van der Waals surface area contributed by atoms with Crippen LogP contribution < -0.4 is 15.1 Å². The molecule has 0 radical (unpaired) electrons. The first-order valence-corrected chi connectivity index (χ1v) is 7.77. The van der Waals surface area contributed by atoms with Crippen molar-refractivity contribution < 1.29 is 9.53 Å². The fourth-order valence-electron chi connectivity index (χ4n) is 3.02. The van der Waals surface area contributed by atoms with E-state index < -0.39 is 5.72 Å². The standard InChI is InChI=1S/C15H23N5O2/c1-4-11-14(21)18-15(22-11)5-7-20(8-6-15)13-9-12(19(2)3)16-10-17-13/h9-11H,4-8H2,1-3H3,(H,18,21). The maximum atomic E-state index is 11.9. The van der Waals surface area contributed by atoms with E-state index in [9.17, 15) is 4.79 Å². The summed E-state index contributed by atoms with van der Waals surface area (Å²) in [4.78, 5) is 24.7. The lowest BCUT2D eigenvalue weighted by atomic mass is 10.0. The van der Waals surface area contributed by atoms with Gasteiger partial charge in [-0.25, -0.2) is 9.97 Å². The molecule has 0 bridgehead atoms. The molecule has 0 saturated carbocycles. The topological polar surface area (TPSA) is 70.6 Å². The van der Waals surface area contributed by atoms with Crippen molar-refractivity contribution in [1.29, 1.82) is 0 Å². The van der Waals surface area contributed by atoms with E-state index in [1.54, 1.807) is 6.33 Å². The minimum atomic E-state index is -0.480. The molecule has 1 aromatic heterocycles. The molecular formula is C15H23N5O2. The van der Waals surface area contributed by atoms with Gasteiger partial charge in [-0.3, -0.25) is 4.79 Å². The number of piperidine rings is 1. The monoisotopic (exact) mass is 305 g/mol. The van der Waals surface area contributed by atoms with E-state index in [2.05, 4.69) is 20.2 Å². The SMILES string of the molecule is CCC1OC2(CCN(c3cc(N(C)C)ncn3)CC2)NC1=O. The molecule has 22 heavy (non-hydrogen) atoms. The van der Waals surface area contributed by atoms with Crippen molar-refractivity contribution in [3.63, 3.8) is 0 Å². The summed E-state index contributed by atoms with van der Waals surface area (Å²) in [6.07, 6.45) is 3.56. The Morgan fingerprint density at radius 1 is 1.41 bits per heavy atom. The van der Waals surface area contributed by atoms with Gasteiger partial charge in [-0.1, -0.05) is 6.92 Å². The number of aromatic nitrogens is 2. The molecule has 1 unspecified atom stereocenters. The van der Waals surface area contributed by atoms with Crippen molar-refractivity contribution in [2.75, 3.05) is 37.0 Å². The first-order valence-electron chi connectivity index (χ1n) is 7.77. The van der Waals surface area contributed by atoms with E-state index in [4.69, 9.17) is 4.74 Å². The van der Waals surface area contributed by atoms with Crippen LogP contribution in [0.25, 0.3) is 0 Å². The molecule has 7 heteroatoms. The number of hydrogen-bond donors (Lipinski definition) is 1. The molecule has 1 amide bonds.